The molecule has 1 aliphatic rings. The molecule has 2 heterocycles. The molecule has 1 N–H and O–H groups in total. The first-order chi connectivity index (χ1) is 8.35. The minimum Gasteiger partial charge on any atom is -0.334 e. The molecule has 1 atom stereocenters. The third-order valence-electron chi connectivity index (χ3n) is 3.71. The molecular weight excluding hydrogens is 212 g/mol. The lowest BCUT2D eigenvalue weighted by Crippen LogP contribution is -2.37. The Morgan fingerprint density at radius 2 is 2.29 bits per heavy atom. The maximum absolute atomic E-state index is 4.38. The second-order valence-electron chi connectivity index (χ2n) is 4.69. The molecule has 1 fully saturated rings. The molecule has 0 aromatic carbocycles. The van der Waals surface area contributed by atoms with Crippen LogP contribution in [0.25, 0.3) is 0 Å². The van der Waals surface area contributed by atoms with Crippen molar-refractivity contribution in [3.05, 3.63) is 18.2 Å². The largest absolute Gasteiger partial charge is 0.334 e. The van der Waals surface area contributed by atoms with Crippen molar-refractivity contribution in [2.75, 3.05) is 19.6 Å². The highest BCUT2D eigenvalue weighted by atomic mass is 15.2. The van der Waals surface area contributed by atoms with E-state index in [1.807, 2.05) is 12.4 Å². The van der Waals surface area contributed by atoms with Crippen molar-refractivity contribution >= 4 is 0 Å². The van der Waals surface area contributed by atoms with Crippen LogP contribution in [0.4, 0.5) is 0 Å². The third kappa shape index (κ3) is 3.07. The van der Waals surface area contributed by atoms with Gasteiger partial charge in [0.25, 0.3) is 0 Å². The van der Waals surface area contributed by atoms with E-state index in [9.17, 15) is 0 Å². The summed E-state index contributed by atoms with van der Waals surface area (Å²) in [7, 11) is 0. The maximum Gasteiger partial charge on any atom is 0.122 e. The number of rotatable bonds is 6. The normalized spacial score (nSPS) is 21.2. The number of nitrogens with one attached hydrogen (secondary N) is 1. The fraction of sp³-hybridized carbons (Fsp3) is 0.769. The Bertz CT molecular complexity index is 334. The van der Waals surface area contributed by atoms with E-state index >= 15 is 0 Å². The molecule has 0 spiro atoms. The molecule has 1 unspecified atom stereocenters. The zero-order valence-corrected chi connectivity index (χ0v) is 11.0. The minimum absolute atomic E-state index is 0.727. The average molecular weight is 236 g/mol. The van der Waals surface area contributed by atoms with Gasteiger partial charge in [0, 0.05) is 31.5 Å². The number of likely N-dealkylation sites (N-methyl/N-ethyl adjacent to an activating group) is 1. The van der Waals surface area contributed by atoms with Gasteiger partial charge in [0.15, 0.2) is 0 Å². The zero-order chi connectivity index (χ0) is 12.1. The van der Waals surface area contributed by atoms with Crippen molar-refractivity contribution in [2.45, 2.75) is 45.8 Å². The van der Waals surface area contributed by atoms with Crippen molar-refractivity contribution < 1.29 is 0 Å². The van der Waals surface area contributed by atoms with Gasteiger partial charge in [-0.2, -0.15) is 0 Å². The third-order valence-corrected chi connectivity index (χ3v) is 3.71. The zero-order valence-electron chi connectivity index (χ0n) is 11.0. The summed E-state index contributed by atoms with van der Waals surface area (Å²) in [6, 6.07) is 0.727. The van der Waals surface area contributed by atoms with E-state index in [1.165, 1.54) is 25.9 Å². The van der Waals surface area contributed by atoms with Crippen molar-refractivity contribution in [1.82, 2.24) is 19.8 Å². The number of aromatic nitrogens is 2. The highest BCUT2D eigenvalue weighted by Crippen LogP contribution is 2.15. The summed E-state index contributed by atoms with van der Waals surface area (Å²) in [5.41, 5.74) is 0. The molecule has 17 heavy (non-hydrogen) atoms. The lowest BCUT2D eigenvalue weighted by molar-refractivity contribution is 0.259. The van der Waals surface area contributed by atoms with Gasteiger partial charge in [-0.25, -0.2) is 4.98 Å². The summed E-state index contributed by atoms with van der Waals surface area (Å²) >= 11 is 0. The van der Waals surface area contributed by atoms with E-state index in [0.29, 0.717) is 0 Å². The Morgan fingerprint density at radius 3 is 3.06 bits per heavy atom. The standard InChI is InChI=1S/C13H24N4/c1-3-16-8-5-6-12(16)10-14-11-13-15-7-9-17(13)4-2/h7,9,12,14H,3-6,8,10-11H2,1-2H3. The van der Waals surface area contributed by atoms with Crippen molar-refractivity contribution in [3.63, 3.8) is 0 Å². The summed E-state index contributed by atoms with van der Waals surface area (Å²) in [6.07, 6.45) is 6.62. The lowest BCUT2D eigenvalue weighted by Gasteiger charge is -2.22. The average Bonchev–Trinajstić information content (AvgIpc) is 2.97. The molecular formula is C13H24N4. The fourth-order valence-corrected chi connectivity index (χ4v) is 2.69. The van der Waals surface area contributed by atoms with Crippen LogP contribution in [0.15, 0.2) is 12.4 Å². The van der Waals surface area contributed by atoms with Crippen molar-refractivity contribution in [2.24, 2.45) is 0 Å². The minimum atomic E-state index is 0.727. The van der Waals surface area contributed by atoms with Gasteiger partial charge in [-0.05, 0) is 32.9 Å². The van der Waals surface area contributed by atoms with Crippen LogP contribution in [0.1, 0.15) is 32.5 Å². The number of aryl methyl sites for hydroxylation is 1. The second-order valence-corrected chi connectivity index (χ2v) is 4.69. The number of nitrogens with zero attached hydrogens (tertiary/aromatic N) is 3. The fourth-order valence-electron chi connectivity index (χ4n) is 2.69. The van der Waals surface area contributed by atoms with Crippen LogP contribution < -0.4 is 5.32 Å². The number of hydrogen-bond acceptors (Lipinski definition) is 3. The molecule has 0 amide bonds. The smallest absolute Gasteiger partial charge is 0.122 e. The van der Waals surface area contributed by atoms with Crippen LogP contribution in [-0.2, 0) is 13.1 Å². The van der Waals surface area contributed by atoms with Gasteiger partial charge in [0.05, 0.1) is 6.54 Å². The first kappa shape index (κ1) is 12.6. The molecule has 2 rings (SSSR count). The van der Waals surface area contributed by atoms with Gasteiger partial charge in [-0.1, -0.05) is 6.92 Å². The highest BCUT2D eigenvalue weighted by molar-refractivity contribution is 4.92. The molecule has 0 radical (unpaired) electrons. The Morgan fingerprint density at radius 1 is 1.41 bits per heavy atom. The van der Waals surface area contributed by atoms with E-state index in [0.717, 1.165) is 31.5 Å². The van der Waals surface area contributed by atoms with E-state index in [2.05, 4.69) is 33.6 Å². The molecule has 0 bridgehead atoms. The predicted octanol–water partition coefficient (Wildman–Crippen LogP) is 1.48. The number of hydrogen-bond donors (Lipinski definition) is 1. The van der Waals surface area contributed by atoms with Crippen LogP contribution in [0, 0.1) is 0 Å². The van der Waals surface area contributed by atoms with Crippen LogP contribution >= 0.6 is 0 Å². The Hall–Kier alpha value is -0.870. The molecule has 1 aliphatic heterocycles. The first-order valence-electron chi connectivity index (χ1n) is 6.80. The predicted molar refractivity (Wildman–Crippen MR) is 69.9 cm³/mol. The molecule has 0 aliphatic carbocycles. The molecule has 1 saturated heterocycles. The number of likely N-dealkylation sites (tertiary alicyclic amines) is 1. The van der Waals surface area contributed by atoms with Crippen LogP contribution in [0.2, 0.25) is 0 Å². The van der Waals surface area contributed by atoms with Gasteiger partial charge in [0.1, 0.15) is 5.82 Å². The van der Waals surface area contributed by atoms with Crippen LogP contribution in [0.3, 0.4) is 0 Å². The summed E-state index contributed by atoms with van der Waals surface area (Å²) in [5, 5.41) is 3.54. The summed E-state index contributed by atoms with van der Waals surface area (Å²) < 4.78 is 2.19. The monoisotopic (exact) mass is 236 g/mol. The highest BCUT2D eigenvalue weighted by Gasteiger charge is 2.22. The van der Waals surface area contributed by atoms with Gasteiger partial charge in [-0.15, -0.1) is 0 Å². The van der Waals surface area contributed by atoms with E-state index in [-0.39, 0.29) is 0 Å². The van der Waals surface area contributed by atoms with Gasteiger partial charge in [0.2, 0.25) is 0 Å². The molecule has 4 heteroatoms. The van der Waals surface area contributed by atoms with Crippen LogP contribution in [-0.4, -0.2) is 40.1 Å². The summed E-state index contributed by atoms with van der Waals surface area (Å²) in [5.74, 6) is 1.15. The summed E-state index contributed by atoms with van der Waals surface area (Å²) in [6.45, 7) is 9.83. The van der Waals surface area contributed by atoms with E-state index < -0.39 is 0 Å². The Labute approximate surface area is 104 Å². The Balaban J connectivity index is 1.76. The van der Waals surface area contributed by atoms with Gasteiger partial charge >= 0.3 is 0 Å². The SMILES string of the molecule is CCN1CCCC1CNCc1nccn1CC. The second kappa shape index (κ2) is 6.17. The Kier molecular flexibility index (Phi) is 4.57. The van der Waals surface area contributed by atoms with Crippen LogP contribution in [0.5, 0.6) is 0 Å². The molecule has 0 saturated carbocycles. The molecule has 1 aromatic rings. The van der Waals surface area contributed by atoms with E-state index in [4.69, 9.17) is 0 Å². The number of imidazole rings is 1. The lowest BCUT2D eigenvalue weighted by atomic mass is 10.2. The molecule has 4 nitrogen and oxygen atoms in total. The quantitative estimate of drug-likeness (QED) is 0.812. The summed E-state index contributed by atoms with van der Waals surface area (Å²) in [4.78, 5) is 6.95. The van der Waals surface area contributed by atoms with Gasteiger partial charge in [-0.3, -0.25) is 4.90 Å². The topological polar surface area (TPSA) is 33.1 Å². The van der Waals surface area contributed by atoms with Crippen molar-refractivity contribution in [1.29, 1.82) is 0 Å². The molecule has 1 aromatic heterocycles. The molecule has 96 valence electrons. The van der Waals surface area contributed by atoms with E-state index in [1.54, 1.807) is 0 Å². The van der Waals surface area contributed by atoms with Crippen molar-refractivity contribution in [3.8, 4) is 0 Å². The van der Waals surface area contributed by atoms with Gasteiger partial charge < -0.3 is 9.88 Å². The first-order valence-corrected chi connectivity index (χ1v) is 6.80. The maximum atomic E-state index is 4.38.